The molecule has 0 saturated heterocycles. The van der Waals surface area contributed by atoms with Crippen molar-refractivity contribution < 1.29 is 39.9 Å². The van der Waals surface area contributed by atoms with Gasteiger partial charge in [-0.1, -0.05) is 6.07 Å². The Kier molecular flexibility index (Phi) is 4.01. The fourth-order valence-corrected chi connectivity index (χ4v) is 2.38. The number of hydrogen-bond acceptors (Lipinski definition) is 8. The smallest absolute Gasteiger partial charge is 0.385 e. The molecule has 2 aromatic carbocycles. The zero-order chi connectivity index (χ0) is 19.0. The number of aliphatic hydroxyl groups is 1. The van der Waals surface area contributed by atoms with Gasteiger partial charge in [0, 0.05) is 5.56 Å². The summed E-state index contributed by atoms with van der Waals surface area (Å²) in [5, 5.41) is 48.7. The van der Waals surface area contributed by atoms with Crippen molar-refractivity contribution in [2.24, 2.45) is 0 Å². The number of ketones is 1. The van der Waals surface area contributed by atoms with E-state index in [9.17, 15) is 35.1 Å². The Morgan fingerprint density at radius 2 is 1.50 bits per heavy atom. The van der Waals surface area contributed by atoms with Crippen LogP contribution >= 0.6 is 0 Å². The Morgan fingerprint density at radius 1 is 0.808 bits per heavy atom. The monoisotopic (exact) mass is 356 g/mol. The van der Waals surface area contributed by atoms with Crippen molar-refractivity contribution in [3.05, 3.63) is 59.0 Å². The molecule has 26 heavy (non-hydrogen) atoms. The molecule has 0 radical (unpaired) electrons. The molecule has 0 aliphatic carbocycles. The van der Waals surface area contributed by atoms with Crippen molar-refractivity contribution in [3.63, 3.8) is 0 Å². The SMILES string of the molecule is O=C1O/C(=C\c2ccc(O)c(O)c2)C(O)=C(c2cc(O)ccc2O)C1=O. The molecule has 8 heteroatoms. The highest BCUT2D eigenvalue weighted by atomic mass is 16.6. The molecule has 1 aliphatic heterocycles. The predicted octanol–water partition coefficient (Wildman–Crippen LogP) is 1.95. The number of phenols is 4. The summed E-state index contributed by atoms with van der Waals surface area (Å²) in [6, 6.07) is 6.97. The standard InChI is InChI=1S/C18H12O8/c19-9-2-4-11(20)10(7-9)15-16(23)14(26-18(25)17(15)24)6-8-1-3-12(21)13(22)5-8/h1-7,19-23H/b14-6-. The van der Waals surface area contributed by atoms with Crippen molar-refractivity contribution in [2.75, 3.05) is 0 Å². The maximum absolute atomic E-state index is 12.1. The second-order valence-corrected chi connectivity index (χ2v) is 5.40. The summed E-state index contributed by atoms with van der Waals surface area (Å²) in [5.41, 5.74) is -0.531. The number of Topliss-reactive ketones (excluding diaryl/α,β-unsaturated/α-hetero) is 1. The van der Waals surface area contributed by atoms with Gasteiger partial charge < -0.3 is 30.3 Å². The largest absolute Gasteiger partial charge is 0.508 e. The van der Waals surface area contributed by atoms with Gasteiger partial charge in [0.15, 0.2) is 23.0 Å². The molecule has 0 amide bonds. The quantitative estimate of drug-likeness (QED) is 0.238. The number of carbonyl (C=O) groups excluding carboxylic acids is 2. The Morgan fingerprint density at radius 3 is 2.19 bits per heavy atom. The van der Waals surface area contributed by atoms with Gasteiger partial charge in [-0.25, -0.2) is 4.79 Å². The summed E-state index contributed by atoms with van der Waals surface area (Å²) in [6.45, 7) is 0. The zero-order valence-electron chi connectivity index (χ0n) is 13.0. The van der Waals surface area contributed by atoms with Gasteiger partial charge in [0.1, 0.15) is 11.5 Å². The van der Waals surface area contributed by atoms with Gasteiger partial charge >= 0.3 is 5.97 Å². The van der Waals surface area contributed by atoms with Crippen LogP contribution < -0.4 is 0 Å². The first-order chi connectivity index (χ1) is 12.3. The van der Waals surface area contributed by atoms with E-state index in [1.54, 1.807) is 0 Å². The Bertz CT molecular complexity index is 1000. The third kappa shape index (κ3) is 2.91. The highest BCUT2D eigenvalue weighted by Crippen LogP contribution is 2.36. The molecule has 0 atom stereocenters. The van der Waals surface area contributed by atoms with Crippen molar-refractivity contribution in [3.8, 4) is 23.0 Å². The minimum atomic E-state index is -1.30. The number of hydrogen-bond donors (Lipinski definition) is 5. The third-order valence-electron chi connectivity index (χ3n) is 3.63. The molecule has 132 valence electrons. The molecular formula is C18H12O8. The van der Waals surface area contributed by atoms with Crippen molar-refractivity contribution in [1.29, 1.82) is 0 Å². The van der Waals surface area contributed by atoms with E-state index in [0.29, 0.717) is 0 Å². The summed E-state index contributed by atoms with van der Waals surface area (Å²) in [7, 11) is 0. The summed E-state index contributed by atoms with van der Waals surface area (Å²) in [6.07, 6.45) is 1.15. The molecule has 1 aliphatic rings. The lowest BCUT2D eigenvalue weighted by atomic mass is 9.96. The molecule has 0 unspecified atom stereocenters. The molecule has 8 nitrogen and oxygen atoms in total. The second-order valence-electron chi connectivity index (χ2n) is 5.40. The summed E-state index contributed by atoms with van der Waals surface area (Å²) >= 11 is 0. The molecule has 0 aromatic heterocycles. The molecule has 0 saturated carbocycles. The highest BCUT2D eigenvalue weighted by molar-refractivity contribution is 6.53. The van der Waals surface area contributed by atoms with Gasteiger partial charge in [-0.2, -0.15) is 0 Å². The van der Waals surface area contributed by atoms with Crippen LogP contribution in [0.1, 0.15) is 11.1 Å². The van der Waals surface area contributed by atoms with Crippen LogP contribution in [-0.4, -0.2) is 37.3 Å². The first-order valence-corrected chi connectivity index (χ1v) is 7.24. The average Bonchev–Trinajstić information content (AvgIpc) is 2.59. The summed E-state index contributed by atoms with van der Waals surface area (Å²) < 4.78 is 4.78. The molecule has 2 aromatic rings. The minimum Gasteiger partial charge on any atom is -0.508 e. The molecular weight excluding hydrogens is 344 g/mol. The van der Waals surface area contributed by atoms with Crippen LogP contribution in [-0.2, 0) is 14.3 Å². The van der Waals surface area contributed by atoms with Crippen LogP contribution in [0.15, 0.2) is 47.9 Å². The van der Waals surface area contributed by atoms with Gasteiger partial charge in [0.05, 0.1) is 5.57 Å². The number of aromatic hydroxyl groups is 4. The van der Waals surface area contributed by atoms with Crippen LogP contribution in [0.5, 0.6) is 23.0 Å². The number of esters is 1. The first-order valence-electron chi connectivity index (χ1n) is 7.24. The zero-order valence-corrected chi connectivity index (χ0v) is 13.0. The Labute approximate surface area is 146 Å². The number of ether oxygens (including phenoxy) is 1. The van der Waals surface area contributed by atoms with E-state index in [4.69, 9.17) is 4.74 Å². The minimum absolute atomic E-state index is 0.247. The maximum Gasteiger partial charge on any atom is 0.385 e. The van der Waals surface area contributed by atoms with E-state index in [2.05, 4.69) is 0 Å². The van der Waals surface area contributed by atoms with Crippen LogP contribution in [0.3, 0.4) is 0 Å². The average molecular weight is 356 g/mol. The predicted molar refractivity (Wildman–Crippen MR) is 88.2 cm³/mol. The summed E-state index contributed by atoms with van der Waals surface area (Å²) in [5.74, 6) is -5.17. The maximum atomic E-state index is 12.1. The number of aliphatic hydroxyl groups excluding tert-OH is 1. The van der Waals surface area contributed by atoms with E-state index >= 15 is 0 Å². The van der Waals surface area contributed by atoms with Crippen molar-refractivity contribution in [2.45, 2.75) is 0 Å². The first kappa shape index (κ1) is 16.9. The van der Waals surface area contributed by atoms with Crippen molar-refractivity contribution in [1.82, 2.24) is 0 Å². The van der Waals surface area contributed by atoms with E-state index in [0.717, 1.165) is 30.3 Å². The fraction of sp³-hybridized carbons (Fsp3) is 0. The van der Waals surface area contributed by atoms with Crippen LogP contribution in [0, 0.1) is 0 Å². The number of cyclic esters (lactones) is 1. The molecule has 3 rings (SSSR count). The molecule has 0 spiro atoms. The normalized spacial score (nSPS) is 16.1. The van der Waals surface area contributed by atoms with Gasteiger partial charge in [0.25, 0.3) is 5.78 Å². The van der Waals surface area contributed by atoms with Crippen LogP contribution in [0.25, 0.3) is 11.6 Å². The molecule has 0 fully saturated rings. The van der Waals surface area contributed by atoms with Crippen molar-refractivity contribution >= 4 is 23.4 Å². The molecule has 0 bridgehead atoms. The second kappa shape index (κ2) is 6.17. The van der Waals surface area contributed by atoms with E-state index in [1.165, 1.54) is 12.1 Å². The van der Waals surface area contributed by atoms with E-state index in [1.807, 2.05) is 0 Å². The Hall–Kier alpha value is -3.94. The van der Waals surface area contributed by atoms with Gasteiger partial charge in [0.2, 0.25) is 0 Å². The molecule has 5 N–H and O–H groups in total. The Balaban J connectivity index is 2.18. The number of rotatable bonds is 2. The van der Waals surface area contributed by atoms with Crippen LogP contribution in [0.2, 0.25) is 0 Å². The van der Waals surface area contributed by atoms with Gasteiger partial charge in [-0.3, -0.25) is 4.79 Å². The summed E-state index contributed by atoms with van der Waals surface area (Å²) in [4.78, 5) is 24.0. The van der Waals surface area contributed by atoms with Gasteiger partial charge in [-0.15, -0.1) is 0 Å². The molecule has 1 heterocycles. The van der Waals surface area contributed by atoms with Crippen LogP contribution in [0.4, 0.5) is 0 Å². The van der Waals surface area contributed by atoms with Gasteiger partial charge in [-0.05, 0) is 42.0 Å². The number of phenolic OH excluding ortho intramolecular Hbond substituents is 4. The lowest BCUT2D eigenvalue weighted by Crippen LogP contribution is -2.25. The van der Waals surface area contributed by atoms with E-state index < -0.39 is 40.3 Å². The number of benzene rings is 2. The fourth-order valence-electron chi connectivity index (χ4n) is 2.38. The lowest BCUT2D eigenvalue weighted by Gasteiger charge is -2.18. The van der Waals surface area contributed by atoms with E-state index in [-0.39, 0.29) is 22.6 Å². The lowest BCUT2D eigenvalue weighted by molar-refractivity contribution is -0.149. The highest BCUT2D eigenvalue weighted by Gasteiger charge is 2.35. The number of carbonyl (C=O) groups is 2. The topological polar surface area (TPSA) is 145 Å². The third-order valence-corrected chi connectivity index (χ3v) is 3.63.